The van der Waals surface area contributed by atoms with E-state index in [9.17, 15) is 4.79 Å². The van der Waals surface area contributed by atoms with Gasteiger partial charge in [-0.3, -0.25) is 10.2 Å². The third-order valence-electron chi connectivity index (χ3n) is 3.59. The van der Waals surface area contributed by atoms with Crippen LogP contribution in [0.3, 0.4) is 0 Å². The third kappa shape index (κ3) is 3.25. The highest BCUT2D eigenvalue weighted by molar-refractivity contribution is 7.80. The Morgan fingerprint density at radius 3 is 2.71 bits per heavy atom. The van der Waals surface area contributed by atoms with Gasteiger partial charge < -0.3 is 5.32 Å². The third-order valence-corrected chi connectivity index (χ3v) is 4.19. The van der Waals surface area contributed by atoms with E-state index >= 15 is 0 Å². The number of anilines is 1. The summed E-state index contributed by atoms with van der Waals surface area (Å²) in [4.78, 5) is 17.0. The van der Waals surface area contributed by atoms with Crippen LogP contribution in [-0.4, -0.2) is 14.8 Å². The zero-order valence-electron chi connectivity index (χ0n) is 13.1. The molecule has 1 aromatic heterocycles. The number of rotatable bonds is 2. The maximum Gasteiger partial charge on any atom is 0.280 e. The van der Waals surface area contributed by atoms with Crippen molar-refractivity contribution in [3.63, 3.8) is 0 Å². The van der Waals surface area contributed by atoms with Crippen molar-refractivity contribution in [3.8, 4) is 0 Å². The van der Waals surface area contributed by atoms with Crippen molar-refractivity contribution in [1.82, 2.24) is 9.66 Å². The van der Waals surface area contributed by atoms with E-state index in [1.807, 2.05) is 25.1 Å². The largest absolute Gasteiger partial charge is 0.331 e. The SMILES string of the molecule is Cc1ccc(NC(=S)Nn2c(C)nc3ccccc3c2=O)cc1Cl. The zero-order valence-corrected chi connectivity index (χ0v) is 14.7. The predicted octanol–water partition coefficient (Wildman–Crippen LogP) is 3.61. The van der Waals surface area contributed by atoms with Crippen LogP contribution in [0.5, 0.6) is 0 Å². The fraction of sp³-hybridized carbons (Fsp3) is 0.118. The number of hydrogen-bond acceptors (Lipinski definition) is 3. The van der Waals surface area contributed by atoms with Crippen LogP contribution < -0.4 is 16.3 Å². The lowest BCUT2D eigenvalue weighted by atomic mass is 10.2. The monoisotopic (exact) mass is 358 g/mol. The van der Waals surface area contributed by atoms with E-state index in [2.05, 4.69) is 15.7 Å². The number of nitrogens with one attached hydrogen (secondary N) is 2. The van der Waals surface area contributed by atoms with Crippen molar-refractivity contribution < 1.29 is 0 Å². The number of benzene rings is 2. The summed E-state index contributed by atoms with van der Waals surface area (Å²) in [6.45, 7) is 3.67. The molecule has 0 aliphatic heterocycles. The molecule has 0 fully saturated rings. The van der Waals surface area contributed by atoms with Crippen LogP contribution in [0.4, 0.5) is 5.69 Å². The van der Waals surface area contributed by atoms with Gasteiger partial charge in [0.25, 0.3) is 5.56 Å². The molecule has 1 heterocycles. The molecule has 2 N–H and O–H groups in total. The minimum atomic E-state index is -0.204. The lowest BCUT2D eigenvalue weighted by molar-refractivity contribution is 0.839. The van der Waals surface area contributed by atoms with Crippen molar-refractivity contribution >= 4 is 45.5 Å². The average Bonchev–Trinajstić information content (AvgIpc) is 2.55. The topological polar surface area (TPSA) is 58.9 Å². The number of halogens is 1. The molecule has 122 valence electrons. The molecule has 3 aromatic rings. The summed E-state index contributed by atoms with van der Waals surface area (Å²) in [7, 11) is 0. The van der Waals surface area contributed by atoms with E-state index < -0.39 is 0 Å². The summed E-state index contributed by atoms with van der Waals surface area (Å²) in [6, 6.07) is 12.7. The molecule has 0 bridgehead atoms. The van der Waals surface area contributed by atoms with E-state index in [4.69, 9.17) is 23.8 Å². The minimum absolute atomic E-state index is 0.204. The van der Waals surface area contributed by atoms with Crippen LogP contribution in [-0.2, 0) is 0 Å². The average molecular weight is 359 g/mol. The van der Waals surface area contributed by atoms with Gasteiger partial charge >= 0.3 is 0 Å². The first kappa shape index (κ1) is 16.4. The highest BCUT2D eigenvalue weighted by Crippen LogP contribution is 2.19. The lowest BCUT2D eigenvalue weighted by Crippen LogP contribution is -2.37. The fourth-order valence-electron chi connectivity index (χ4n) is 2.31. The first-order valence-electron chi connectivity index (χ1n) is 7.28. The van der Waals surface area contributed by atoms with Crippen molar-refractivity contribution in [1.29, 1.82) is 0 Å². The maximum atomic E-state index is 12.6. The van der Waals surface area contributed by atoms with Crippen LogP contribution in [0.25, 0.3) is 10.9 Å². The maximum absolute atomic E-state index is 12.6. The van der Waals surface area contributed by atoms with Crippen LogP contribution in [0.2, 0.25) is 5.02 Å². The van der Waals surface area contributed by atoms with Gasteiger partial charge in [0.2, 0.25) is 0 Å². The molecule has 5 nitrogen and oxygen atoms in total. The van der Waals surface area contributed by atoms with Crippen LogP contribution in [0.15, 0.2) is 47.3 Å². The number of fused-ring (bicyclic) bond motifs is 1. The number of hydrogen-bond donors (Lipinski definition) is 2. The van der Waals surface area contributed by atoms with Crippen molar-refractivity contribution in [2.45, 2.75) is 13.8 Å². The molecule has 7 heteroatoms. The Morgan fingerprint density at radius 1 is 1.21 bits per heavy atom. The number of para-hydroxylation sites is 1. The van der Waals surface area contributed by atoms with E-state index in [-0.39, 0.29) is 10.7 Å². The van der Waals surface area contributed by atoms with Gasteiger partial charge in [-0.05, 0) is 55.9 Å². The standard InChI is InChI=1S/C17H15ClN4OS/c1-10-7-8-12(9-14(10)18)20-17(24)21-22-11(2)19-15-6-4-3-5-13(15)16(22)23/h3-9H,1-2H3,(H2,20,21,24). The zero-order chi connectivity index (χ0) is 17.3. The Morgan fingerprint density at radius 2 is 1.96 bits per heavy atom. The number of thiocarbonyl (C=S) groups is 1. The normalized spacial score (nSPS) is 10.6. The molecule has 0 saturated carbocycles. The van der Waals surface area contributed by atoms with Gasteiger partial charge in [0.05, 0.1) is 10.9 Å². The van der Waals surface area contributed by atoms with Crippen LogP contribution in [0, 0.1) is 13.8 Å². The molecule has 0 aliphatic rings. The summed E-state index contributed by atoms with van der Waals surface area (Å²) in [5.41, 5.74) is 5.04. The molecule has 0 spiro atoms. The fourth-order valence-corrected chi connectivity index (χ4v) is 2.70. The molecule has 0 aliphatic carbocycles. The van der Waals surface area contributed by atoms with Crippen LogP contribution >= 0.6 is 23.8 Å². The molecule has 2 aromatic carbocycles. The second-order valence-corrected chi connectivity index (χ2v) is 6.16. The molecule has 0 unspecified atom stereocenters. The van der Waals surface area contributed by atoms with Crippen LogP contribution in [0.1, 0.15) is 11.4 Å². The van der Waals surface area contributed by atoms with Gasteiger partial charge in [-0.25, -0.2) is 9.66 Å². The Balaban J connectivity index is 1.87. The van der Waals surface area contributed by atoms with E-state index in [1.54, 1.807) is 31.2 Å². The van der Waals surface area contributed by atoms with Gasteiger partial charge in [-0.2, -0.15) is 0 Å². The highest BCUT2D eigenvalue weighted by atomic mass is 35.5. The predicted molar refractivity (Wildman–Crippen MR) is 103 cm³/mol. The molecular formula is C17H15ClN4OS. The lowest BCUT2D eigenvalue weighted by Gasteiger charge is -2.15. The van der Waals surface area contributed by atoms with E-state index in [0.717, 1.165) is 11.3 Å². The molecule has 0 amide bonds. The first-order chi connectivity index (χ1) is 11.5. The van der Waals surface area contributed by atoms with Gasteiger partial charge in [0.15, 0.2) is 5.11 Å². The van der Waals surface area contributed by atoms with Gasteiger partial charge in [0.1, 0.15) is 5.82 Å². The first-order valence-corrected chi connectivity index (χ1v) is 8.07. The molecule has 0 saturated heterocycles. The molecule has 0 atom stereocenters. The summed E-state index contributed by atoms with van der Waals surface area (Å²) < 4.78 is 1.33. The van der Waals surface area contributed by atoms with Gasteiger partial charge in [0, 0.05) is 10.7 Å². The molecule has 24 heavy (non-hydrogen) atoms. The number of aromatic nitrogens is 2. The molecular weight excluding hydrogens is 344 g/mol. The van der Waals surface area contributed by atoms with E-state index in [1.165, 1.54) is 4.68 Å². The van der Waals surface area contributed by atoms with Crippen molar-refractivity contribution in [3.05, 3.63) is 69.2 Å². The second-order valence-electron chi connectivity index (χ2n) is 5.35. The Labute approximate surface area is 149 Å². The minimum Gasteiger partial charge on any atom is -0.331 e. The summed E-state index contributed by atoms with van der Waals surface area (Å²) in [6.07, 6.45) is 0. The molecule has 3 rings (SSSR count). The summed E-state index contributed by atoms with van der Waals surface area (Å²) in [5, 5.41) is 4.45. The summed E-state index contributed by atoms with van der Waals surface area (Å²) in [5.74, 6) is 0.518. The second kappa shape index (κ2) is 6.59. The van der Waals surface area contributed by atoms with Gasteiger partial charge in [-0.1, -0.05) is 29.8 Å². The van der Waals surface area contributed by atoms with Crippen molar-refractivity contribution in [2.75, 3.05) is 10.7 Å². The molecule has 0 radical (unpaired) electrons. The quantitative estimate of drug-likeness (QED) is 0.685. The van der Waals surface area contributed by atoms with E-state index in [0.29, 0.717) is 21.7 Å². The highest BCUT2D eigenvalue weighted by Gasteiger charge is 2.09. The number of nitrogens with zero attached hydrogens (tertiary/aromatic N) is 2. The smallest absolute Gasteiger partial charge is 0.280 e. The Bertz CT molecular complexity index is 1000. The number of aryl methyl sites for hydroxylation is 2. The van der Waals surface area contributed by atoms with Crippen molar-refractivity contribution in [2.24, 2.45) is 0 Å². The Kier molecular flexibility index (Phi) is 4.51. The summed E-state index contributed by atoms with van der Waals surface area (Å²) >= 11 is 11.4. The van der Waals surface area contributed by atoms with Gasteiger partial charge in [-0.15, -0.1) is 0 Å². The Hall–Kier alpha value is -2.44.